The van der Waals surface area contributed by atoms with Gasteiger partial charge in [0.25, 0.3) is 0 Å². The predicted octanol–water partition coefficient (Wildman–Crippen LogP) is 4.75. The Kier molecular flexibility index (Phi) is 4.16. The molecule has 0 amide bonds. The molecule has 3 rings (SSSR count). The third-order valence-electron chi connectivity index (χ3n) is 3.88. The highest BCUT2D eigenvalue weighted by molar-refractivity contribution is 6.30. The van der Waals surface area contributed by atoms with Gasteiger partial charge < -0.3 is 9.52 Å². The highest BCUT2D eigenvalue weighted by Crippen LogP contribution is 2.33. The van der Waals surface area contributed by atoms with E-state index in [0.717, 1.165) is 0 Å². The van der Waals surface area contributed by atoms with Gasteiger partial charge >= 0.3 is 0 Å². The van der Waals surface area contributed by atoms with E-state index in [1.165, 1.54) is 12.1 Å². The fourth-order valence-corrected chi connectivity index (χ4v) is 2.82. The molecule has 0 aliphatic heterocycles. The number of carbonyl (C=O) groups excluding carboxylic acids is 1. The Morgan fingerprint density at radius 3 is 2.38 bits per heavy atom. The Balaban J connectivity index is 2.45. The second-order valence-corrected chi connectivity index (χ2v) is 6.26. The van der Waals surface area contributed by atoms with Crippen LogP contribution >= 0.6 is 11.6 Å². The summed E-state index contributed by atoms with van der Waals surface area (Å²) in [6, 6.07) is 9.72. The number of aromatic hydroxyl groups is 1. The molecule has 0 unspecified atom stereocenters. The normalized spacial score (nSPS) is 11.2. The molecule has 0 aliphatic carbocycles. The summed E-state index contributed by atoms with van der Waals surface area (Å²) in [5, 5.41) is 10.7. The molecule has 3 aromatic rings. The van der Waals surface area contributed by atoms with E-state index < -0.39 is 0 Å². The second kappa shape index (κ2) is 6.13. The Hall–Kier alpha value is -2.59. The molecule has 0 atom stereocenters. The quantitative estimate of drug-likeness (QED) is 0.697. The van der Waals surface area contributed by atoms with Crippen LogP contribution in [-0.2, 0) is 0 Å². The Morgan fingerprint density at radius 1 is 1.12 bits per heavy atom. The number of benzene rings is 2. The molecule has 24 heavy (non-hydrogen) atoms. The maximum Gasteiger partial charge on any atom is 0.200 e. The van der Waals surface area contributed by atoms with Crippen molar-refractivity contribution in [2.75, 3.05) is 0 Å². The maximum atomic E-state index is 13.0. The van der Waals surface area contributed by atoms with Crippen molar-refractivity contribution in [1.82, 2.24) is 0 Å². The topological polar surface area (TPSA) is 67.5 Å². The molecular formula is C19H15ClO4. The summed E-state index contributed by atoms with van der Waals surface area (Å²) in [5.74, 6) is 0.160. The van der Waals surface area contributed by atoms with E-state index in [-0.39, 0.29) is 33.6 Å². The van der Waals surface area contributed by atoms with E-state index >= 15 is 0 Å². The zero-order valence-corrected chi connectivity index (χ0v) is 13.9. The van der Waals surface area contributed by atoms with E-state index in [4.69, 9.17) is 16.0 Å². The molecule has 0 aliphatic rings. The maximum absolute atomic E-state index is 13.0. The molecule has 0 fully saturated rings. The SMILES string of the molecule is CC(C)c1oc2c(C=O)c(O)ccc2c(=O)c1-c1ccc(Cl)cc1. The lowest BCUT2D eigenvalue weighted by Crippen LogP contribution is -2.11. The van der Waals surface area contributed by atoms with Crippen LogP contribution in [0.5, 0.6) is 5.75 Å². The number of fused-ring (bicyclic) bond motifs is 1. The number of aldehydes is 1. The average Bonchev–Trinajstić information content (AvgIpc) is 2.55. The standard InChI is InChI=1S/C19H15ClO4/c1-10(2)18-16(11-3-5-12(20)6-4-11)17(23)13-7-8-15(22)14(9-21)19(13)24-18/h3-10,22H,1-2H3. The molecule has 4 nitrogen and oxygen atoms in total. The Morgan fingerprint density at radius 2 is 1.79 bits per heavy atom. The van der Waals surface area contributed by atoms with Crippen LogP contribution in [-0.4, -0.2) is 11.4 Å². The zero-order chi connectivity index (χ0) is 17.4. The molecule has 5 heteroatoms. The van der Waals surface area contributed by atoms with Crippen molar-refractivity contribution < 1.29 is 14.3 Å². The first-order valence-electron chi connectivity index (χ1n) is 7.47. The van der Waals surface area contributed by atoms with Crippen molar-refractivity contribution in [3.63, 3.8) is 0 Å². The van der Waals surface area contributed by atoms with E-state index in [9.17, 15) is 14.7 Å². The first-order chi connectivity index (χ1) is 11.4. The van der Waals surface area contributed by atoms with Gasteiger partial charge in [-0.1, -0.05) is 37.6 Å². The molecular weight excluding hydrogens is 328 g/mol. The minimum atomic E-state index is -0.245. The van der Waals surface area contributed by atoms with Crippen molar-refractivity contribution in [2.24, 2.45) is 0 Å². The van der Waals surface area contributed by atoms with Gasteiger partial charge in [-0.2, -0.15) is 0 Å². The molecule has 0 spiro atoms. The molecule has 1 heterocycles. The Bertz CT molecular complexity index is 985. The molecule has 2 aromatic carbocycles. The van der Waals surface area contributed by atoms with E-state index in [1.54, 1.807) is 24.3 Å². The number of hydrogen-bond acceptors (Lipinski definition) is 4. The lowest BCUT2D eigenvalue weighted by Gasteiger charge is -2.14. The summed E-state index contributed by atoms with van der Waals surface area (Å²) in [6.07, 6.45) is 0.493. The van der Waals surface area contributed by atoms with Gasteiger partial charge in [0, 0.05) is 10.9 Å². The smallest absolute Gasteiger partial charge is 0.200 e. The molecule has 1 aromatic heterocycles. The van der Waals surface area contributed by atoms with Crippen LogP contribution in [0.2, 0.25) is 5.02 Å². The van der Waals surface area contributed by atoms with Crippen LogP contribution in [0.4, 0.5) is 0 Å². The molecule has 1 N–H and O–H groups in total. The predicted molar refractivity (Wildman–Crippen MR) is 94.1 cm³/mol. The summed E-state index contributed by atoms with van der Waals surface area (Å²) in [5.41, 5.74) is 0.979. The first-order valence-corrected chi connectivity index (χ1v) is 7.85. The van der Waals surface area contributed by atoms with Crippen molar-refractivity contribution >= 4 is 28.9 Å². The largest absolute Gasteiger partial charge is 0.507 e. The van der Waals surface area contributed by atoms with Crippen molar-refractivity contribution in [3.8, 4) is 16.9 Å². The fourth-order valence-electron chi connectivity index (χ4n) is 2.70. The zero-order valence-electron chi connectivity index (χ0n) is 13.2. The second-order valence-electron chi connectivity index (χ2n) is 5.82. The minimum Gasteiger partial charge on any atom is -0.507 e. The lowest BCUT2D eigenvalue weighted by molar-refractivity contribution is 0.112. The third-order valence-corrected chi connectivity index (χ3v) is 4.13. The summed E-state index contributed by atoms with van der Waals surface area (Å²) in [4.78, 5) is 24.3. The van der Waals surface area contributed by atoms with Gasteiger partial charge in [-0.3, -0.25) is 9.59 Å². The molecule has 0 saturated heterocycles. The van der Waals surface area contributed by atoms with E-state index in [0.29, 0.717) is 28.2 Å². The third kappa shape index (κ3) is 2.59. The van der Waals surface area contributed by atoms with Gasteiger partial charge in [0.15, 0.2) is 11.9 Å². The van der Waals surface area contributed by atoms with Crippen LogP contribution in [0.25, 0.3) is 22.1 Å². The highest BCUT2D eigenvalue weighted by Gasteiger charge is 2.21. The van der Waals surface area contributed by atoms with Crippen LogP contribution in [0.15, 0.2) is 45.6 Å². The van der Waals surface area contributed by atoms with Gasteiger partial charge in [0.2, 0.25) is 5.43 Å². The number of carbonyl (C=O) groups is 1. The van der Waals surface area contributed by atoms with Gasteiger partial charge in [-0.25, -0.2) is 0 Å². The van der Waals surface area contributed by atoms with Crippen LogP contribution in [0, 0.1) is 0 Å². The summed E-state index contributed by atoms with van der Waals surface area (Å²) in [6.45, 7) is 3.79. The molecule has 0 radical (unpaired) electrons. The van der Waals surface area contributed by atoms with E-state index in [2.05, 4.69) is 0 Å². The average molecular weight is 343 g/mol. The van der Waals surface area contributed by atoms with Crippen LogP contribution in [0.1, 0.15) is 35.9 Å². The summed E-state index contributed by atoms with van der Waals surface area (Å²) in [7, 11) is 0. The van der Waals surface area contributed by atoms with Crippen molar-refractivity contribution in [1.29, 1.82) is 0 Å². The first kappa shape index (κ1) is 16.3. The number of hydrogen-bond donors (Lipinski definition) is 1. The molecule has 0 saturated carbocycles. The number of phenols is 1. The number of phenolic OH excluding ortho intramolecular Hbond substituents is 1. The summed E-state index contributed by atoms with van der Waals surface area (Å²) >= 11 is 5.93. The van der Waals surface area contributed by atoms with Crippen LogP contribution < -0.4 is 5.43 Å². The highest BCUT2D eigenvalue weighted by atomic mass is 35.5. The van der Waals surface area contributed by atoms with Gasteiger partial charge in [0.1, 0.15) is 11.5 Å². The van der Waals surface area contributed by atoms with Gasteiger partial charge in [-0.15, -0.1) is 0 Å². The minimum absolute atomic E-state index is 0.0193. The fraction of sp³-hybridized carbons (Fsp3) is 0.158. The molecule has 0 bridgehead atoms. The lowest BCUT2D eigenvalue weighted by atomic mass is 9.96. The monoisotopic (exact) mass is 342 g/mol. The number of halogens is 1. The molecule has 122 valence electrons. The number of rotatable bonds is 3. The van der Waals surface area contributed by atoms with Crippen LogP contribution in [0.3, 0.4) is 0 Å². The van der Waals surface area contributed by atoms with Gasteiger partial charge in [-0.05, 0) is 29.8 Å². The Labute approximate surface area is 143 Å². The summed E-state index contributed by atoms with van der Waals surface area (Å²) < 4.78 is 5.90. The van der Waals surface area contributed by atoms with Gasteiger partial charge in [0.05, 0.1) is 16.5 Å². The van der Waals surface area contributed by atoms with Crippen molar-refractivity contribution in [3.05, 3.63) is 63.0 Å². The van der Waals surface area contributed by atoms with Crippen molar-refractivity contribution in [2.45, 2.75) is 19.8 Å². The van der Waals surface area contributed by atoms with E-state index in [1.807, 2.05) is 13.8 Å².